The van der Waals surface area contributed by atoms with Crippen LogP contribution >= 0.6 is 0 Å². The van der Waals surface area contributed by atoms with Gasteiger partial charge >= 0.3 is 6.36 Å². The van der Waals surface area contributed by atoms with E-state index in [1.807, 2.05) is 0 Å². The Bertz CT molecular complexity index is 408. The fourth-order valence-electron chi connectivity index (χ4n) is 1.14. The molecule has 9 heteroatoms. The number of nitrogens with zero attached hydrogens (tertiary/aromatic N) is 1. The standard InChI is InChI=1S/C8H7F5N2O2/c9-7(10)5-3(2-16)15-1-4(6(5)14)17-8(11,12)13/h1,7,16H,2H2,(H2,14,15). The summed E-state index contributed by atoms with van der Waals surface area (Å²) in [5, 5.41) is 8.70. The number of nitrogens with two attached hydrogens (primary N) is 1. The third-order valence-electron chi connectivity index (χ3n) is 1.80. The van der Waals surface area contributed by atoms with Gasteiger partial charge < -0.3 is 15.6 Å². The van der Waals surface area contributed by atoms with Gasteiger partial charge in [0, 0.05) is 0 Å². The summed E-state index contributed by atoms with van der Waals surface area (Å²) in [5.74, 6) is -1.02. The highest BCUT2D eigenvalue weighted by atomic mass is 19.4. The lowest BCUT2D eigenvalue weighted by molar-refractivity contribution is -0.274. The minimum absolute atomic E-state index is 0.493. The number of aromatic nitrogens is 1. The molecule has 17 heavy (non-hydrogen) atoms. The van der Waals surface area contributed by atoms with Crippen molar-refractivity contribution in [2.24, 2.45) is 0 Å². The van der Waals surface area contributed by atoms with Gasteiger partial charge in [0.15, 0.2) is 5.75 Å². The zero-order valence-electron chi connectivity index (χ0n) is 8.13. The summed E-state index contributed by atoms with van der Waals surface area (Å²) in [6, 6.07) is 0. The number of anilines is 1. The summed E-state index contributed by atoms with van der Waals surface area (Å²) >= 11 is 0. The van der Waals surface area contributed by atoms with Crippen molar-refractivity contribution in [1.29, 1.82) is 0 Å². The van der Waals surface area contributed by atoms with Gasteiger partial charge in [0.2, 0.25) is 0 Å². The highest BCUT2D eigenvalue weighted by Gasteiger charge is 2.33. The van der Waals surface area contributed by atoms with Gasteiger partial charge in [0.25, 0.3) is 6.43 Å². The molecule has 0 spiro atoms. The number of halogens is 5. The van der Waals surface area contributed by atoms with Crippen molar-refractivity contribution in [3.8, 4) is 5.75 Å². The van der Waals surface area contributed by atoms with Crippen molar-refractivity contribution in [3.63, 3.8) is 0 Å². The number of aliphatic hydroxyl groups is 1. The number of nitrogen functional groups attached to an aromatic ring is 1. The smallest absolute Gasteiger partial charge is 0.402 e. The number of hydrogen-bond acceptors (Lipinski definition) is 4. The van der Waals surface area contributed by atoms with Gasteiger partial charge in [-0.1, -0.05) is 0 Å². The van der Waals surface area contributed by atoms with Gasteiger partial charge in [-0.2, -0.15) is 0 Å². The average Bonchev–Trinajstić information content (AvgIpc) is 2.18. The zero-order chi connectivity index (χ0) is 13.2. The Kier molecular flexibility index (Phi) is 3.71. The molecular weight excluding hydrogens is 251 g/mol. The number of hydrogen-bond donors (Lipinski definition) is 2. The van der Waals surface area contributed by atoms with Crippen molar-refractivity contribution in [2.75, 3.05) is 5.73 Å². The maximum atomic E-state index is 12.5. The first-order valence-corrected chi connectivity index (χ1v) is 4.18. The lowest BCUT2D eigenvalue weighted by Crippen LogP contribution is -2.19. The van der Waals surface area contributed by atoms with Crippen molar-refractivity contribution in [2.45, 2.75) is 19.4 Å². The van der Waals surface area contributed by atoms with E-state index in [4.69, 9.17) is 10.8 Å². The fraction of sp³-hybridized carbons (Fsp3) is 0.375. The molecule has 0 aliphatic carbocycles. The molecule has 0 unspecified atom stereocenters. The van der Waals surface area contributed by atoms with Crippen LogP contribution in [-0.4, -0.2) is 16.5 Å². The molecule has 1 aromatic heterocycles. The molecular formula is C8H7F5N2O2. The van der Waals surface area contributed by atoms with Gasteiger partial charge in [-0.25, -0.2) is 8.78 Å². The SMILES string of the molecule is Nc1c(OC(F)(F)F)cnc(CO)c1C(F)F. The van der Waals surface area contributed by atoms with Crippen LogP contribution in [0, 0.1) is 0 Å². The molecule has 1 aromatic rings. The second-order valence-corrected chi connectivity index (χ2v) is 2.90. The van der Waals surface area contributed by atoms with E-state index in [0.717, 1.165) is 0 Å². The molecule has 1 rings (SSSR count). The van der Waals surface area contributed by atoms with Crippen molar-refractivity contribution in [1.82, 2.24) is 4.98 Å². The minimum Gasteiger partial charge on any atom is -0.402 e. The normalized spacial score (nSPS) is 11.9. The van der Waals surface area contributed by atoms with Crippen LogP contribution in [0.5, 0.6) is 5.75 Å². The molecule has 96 valence electrons. The molecule has 0 aliphatic heterocycles. The first-order chi connectivity index (χ1) is 7.76. The van der Waals surface area contributed by atoms with Crippen LogP contribution in [0.2, 0.25) is 0 Å². The highest BCUT2D eigenvalue weighted by molar-refractivity contribution is 5.59. The Morgan fingerprint density at radius 3 is 2.41 bits per heavy atom. The maximum Gasteiger partial charge on any atom is 0.573 e. The van der Waals surface area contributed by atoms with E-state index >= 15 is 0 Å². The van der Waals surface area contributed by atoms with Gasteiger partial charge in [-0.3, -0.25) is 4.98 Å². The quantitative estimate of drug-likeness (QED) is 0.813. The summed E-state index contributed by atoms with van der Waals surface area (Å²) in [6.07, 6.45) is -7.70. The molecule has 0 amide bonds. The number of ether oxygens (including phenoxy) is 1. The lowest BCUT2D eigenvalue weighted by atomic mass is 10.1. The Morgan fingerprint density at radius 1 is 1.41 bits per heavy atom. The molecule has 3 N–H and O–H groups in total. The number of rotatable bonds is 3. The third-order valence-corrected chi connectivity index (χ3v) is 1.80. The molecule has 0 bridgehead atoms. The predicted octanol–water partition coefficient (Wildman–Crippen LogP) is 1.99. The van der Waals surface area contributed by atoms with Crippen LogP contribution in [0.3, 0.4) is 0 Å². The number of pyridine rings is 1. The molecule has 0 atom stereocenters. The van der Waals surface area contributed by atoms with Gasteiger partial charge in [0.05, 0.1) is 29.7 Å². The first kappa shape index (κ1) is 13.4. The lowest BCUT2D eigenvalue weighted by Gasteiger charge is -2.15. The average molecular weight is 258 g/mol. The number of aliphatic hydroxyl groups excluding tert-OH is 1. The molecule has 0 fully saturated rings. The summed E-state index contributed by atoms with van der Waals surface area (Å²) < 4.78 is 64.1. The van der Waals surface area contributed by atoms with Gasteiger partial charge in [0.1, 0.15) is 0 Å². The fourth-order valence-corrected chi connectivity index (χ4v) is 1.14. The molecule has 0 saturated carbocycles. The van der Waals surface area contributed by atoms with Crippen molar-refractivity contribution >= 4 is 5.69 Å². The summed E-state index contributed by atoms with van der Waals surface area (Å²) in [6.45, 7) is -0.865. The summed E-state index contributed by atoms with van der Waals surface area (Å²) in [4.78, 5) is 3.23. The monoisotopic (exact) mass is 258 g/mol. The van der Waals surface area contributed by atoms with E-state index in [-0.39, 0.29) is 0 Å². The van der Waals surface area contributed by atoms with E-state index in [2.05, 4.69) is 9.72 Å². The van der Waals surface area contributed by atoms with Crippen LogP contribution in [0.4, 0.5) is 27.6 Å². The Labute approximate surface area is 91.8 Å². The second kappa shape index (κ2) is 4.70. The van der Waals surface area contributed by atoms with E-state index in [0.29, 0.717) is 6.20 Å². The van der Waals surface area contributed by atoms with Crippen LogP contribution < -0.4 is 10.5 Å². The Morgan fingerprint density at radius 2 is 2.00 bits per heavy atom. The van der Waals surface area contributed by atoms with E-state index < -0.39 is 42.1 Å². The topological polar surface area (TPSA) is 68.4 Å². The molecule has 4 nitrogen and oxygen atoms in total. The largest absolute Gasteiger partial charge is 0.573 e. The molecule has 0 radical (unpaired) electrons. The molecule has 0 saturated heterocycles. The summed E-state index contributed by atoms with van der Waals surface area (Å²) in [7, 11) is 0. The molecule has 0 aliphatic rings. The molecule has 0 aromatic carbocycles. The van der Waals surface area contributed by atoms with E-state index in [1.165, 1.54) is 0 Å². The minimum atomic E-state index is -5.06. The van der Waals surface area contributed by atoms with Crippen molar-refractivity contribution < 1.29 is 31.8 Å². The van der Waals surface area contributed by atoms with E-state index in [1.54, 1.807) is 0 Å². The van der Waals surface area contributed by atoms with Crippen LogP contribution in [-0.2, 0) is 6.61 Å². The predicted molar refractivity (Wildman–Crippen MR) is 46.2 cm³/mol. The maximum absolute atomic E-state index is 12.5. The molecule has 1 heterocycles. The van der Waals surface area contributed by atoms with Gasteiger partial charge in [-0.05, 0) is 0 Å². The van der Waals surface area contributed by atoms with Crippen LogP contribution in [0.1, 0.15) is 17.7 Å². The van der Waals surface area contributed by atoms with Gasteiger partial charge in [-0.15, -0.1) is 13.2 Å². The van der Waals surface area contributed by atoms with Crippen LogP contribution in [0.25, 0.3) is 0 Å². The van der Waals surface area contributed by atoms with Crippen LogP contribution in [0.15, 0.2) is 6.20 Å². The first-order valence-electron chi connectivity index (χ1n) is 4.18. The number of alkyl halides is 5. The third kappa shape index (κ3) is 3.16. The highest BCUT2D eigenvalue weighted by Crippen LogP contribution is 2.36. The Hall–Kier alpha value is -1.64. The Balaban J connectivity index is 3.23. The summed E-state index contributed by atoms with van der Waals surface area (Å²) in [5.41, 5.74) is 2.76. The second-order valence-electron chi connectivity index (χ2n) is 2.90. The van der Waals surface area contributed by atoms with E-state index in [9.17, 15) is 22.0 Å². The van der Waals surface area contributed by atoms with Crippen molar-refractivity contribution in [3.05, 3.63) is 17.5 Å². The zero-order valence-corrected chi connectivity index (χ0v) is 8.13.